The smallest absolute Gasteiger partial charge is 0.348 e. The van der Waals surface area contributed by atoms with Crippen molar-refractivity contribution in [1.29, 1.82) is 0 Å². The summed E-state index contributed by atoms with van der Waals surface area (Å²) in [4.78, 5) is 26.2. The van der Waals surface area contributed by atoms with Crippen molar-refractivity contribution >= 4 is 17.5 Å². The van der Waals surface area contributed by atoms with Crippen LogP contribution in [0.25, 0.3) is 0 Å². The molecule has 0 radical (unpaired) electrons. The minimum atomic E-state index is -0.471. The van der Waals surface area contributed by atoms with Crippen molar-refractivity contribution in [2.75, 3.05) is 0 Å². The minimum Gasteiger partial charge on any atom is -0.467 e. The van der Waals surface area contributed by atoms with Gasteiger partial charge in [0.2, 0.25) is 0 Å². The van der Waals surface area contributed by atoms with Crippen molar-refractivity contribution in [2.45, 2.75) is 6.54 Å². The first kappa shape index (κ1) is 12.3. The van der Waals surface area contributed by atoms with E-state index in [1.807, 2.05) is 5.43 Å². The lowest BCUT2D eigenvalue weighted by Crippen LogP contribution is -2.29. The number of rotatable bonds is 3. The number of aromatic nitrogens is 2. The number of halogens is 1. The largest absolute Gasteiger partial charge is 0.467 e. The van der Waals surface area contributed by atoms with Gasteiger partial charge < -0.3 is 4.42 Å². The summed E-state index contributed by atoms with van der Waals surface area (Å²) in [5, 5.41) is 0.334. The van der Waals surface area contributed by atoms with Crippen LogP contribution in [0.3, 0.4) is 0 Å². The van der Waals surface area contributed by atoms with Crippen molar-refractivity contribution in [2.24, 2.45) is 5.84 Å². The van der Waals surface area contributed by atoms with Crippen LogP contribution < -0.4 is 17.0 Å². The summed E-state index contributed by atoms with van der Waals surface area (Å²) in [6, 6.07) is 1.48. The van der Waals surface area contributed by atoms with E-state index in [1.54, 1.807) is 0 Å². The first-order valence-electron chi connectivity index (χ1n) is 4.90. The first-order valence-corrected chi connectivity index (χ1v) is 5.28. The Morgan fingerprint density at radius 1 is 1.61 bits per heavy atom. The number of hydrogen-bond donors (Lipinski definition) is 2. The zero-order chi connectivity index (χ0) is 13.1. The van der Waals surface area contributed by atoms with Crippen LogP contribution in [-0.2, 0) is 6.54 Å². The third-order valence-corrected chi connectivity index (χ3v) is 2.39. The van der Waals surface area contributed by atoms with Gasteiger partial charge in [-0.15, -0.1) is 0 Å². The topological polar surface area (TPSA) is 103 Å². The quantitative estimate of drug-likeness (QED) is 0.468. The maximum atomic E-state index is 11.4. The van der Waals surface area contributed by atoms with Crippen LogP contribution in [0.5, 0.6) is 0 Å². The Balaban J connectivity index is 2.24. The molecule has 0 aliphatic carbocycles. The molecule has 0 saturated carbocycles. The third-order valence-electron chi connectivity index (χ3n) is 2.20. The number of nitrogens with one attached hydrogen (secondary N) is 1. The minimum absolute atomic E-state index is 0.129. The Kier molecular flexibility index (Phi) is 3.45. The predicted molar refractivity (Wildman–Crippen MR) is 63.0 cm³/mol. The number of nitrogen functional groups attached to an aromatic ring is 1. The summed E-state index contributed by atoms with van der Waals surface area (Å²) in [5.74, 6) is 4.93. The van der Waals surface area contributed by atoms with Crippen LogP contribution in [0, 0.1) is 0 Å². The van der Waals surface area contributed by atoms with E-state index in [9.17, 15) is 9.59 Å². The second-order valence-corrected chi connectivity index (χ2v) is 3.89. The second kappa shape index (κ2) is 5.03. The van der Waals surface area contributed by atoms with Gasteiger partial charge in [0.1, 0.15) is 12.0 Å². The van der Waals surface area contributed by atoms with Gasteiger partial charge in [-0.1, -0.05) is 11.6 Å². The van der Waals surface area contributed by atoms with Gasteiger partial charge in [0.05, 0.1) is 23.3 Å². The number of carbonyl (C=O) groups excluding carboxylic acids is 1. The molecule has 1 amide bonds. The van der Waals surface area contributed by atoms with Gasteiger partial charge >= 0.3 is 5.69 Å². The molecule has 7 nitrogen and oxygen atoms in total. The maximum absolute atomic E-state index is 11.4. The lowest BCUT2D eigenvalue weighted by molar-refractivity contribution is 0.0953. The van der Waals surface area contributed by atoms with E-state index >= 15 is 0 Å². The fraction of sp³-hybridized carbons (Fsp3) is 0.100. The molecule has 0 aromatic carbocycles. The number of hydrogen-bond acceptors (Lipinski definition) is 5. The van der Waals surface area contributed by atoms with Crippen molar-refractivity contribution in [3.05, 3.63) is 51.6 Å². The molecule has 0 aliphatic rings. The molecule has 0 saturated heterocycles. The average molecular weight is 269 g/mol. The summed E-state index contributed by atoms with van der Waals surface area (Å²) in [5.41, 5.74) is 1.79. The summed E-state index contributed by atoms with van der Waals surface area (Å²) in [6.07, 6.45) is 3.94. The van der Waals surface area contributed by atoms with Crippen molar-refractivity contribution in [1.82, 2.24) is 15.0 Å². The summed E-state index contributed by atoms with van der Waals surface area (Å²) >= 11 is 5.73. The average Bonchev–Trinajstić information content (AvgIpc) is 2.81. The molecule has 0 atom stereocenters. The molecule has 0 fully saturated rings. The number of nitrogens with zero attached hydrogens (tertiary/aromatic N) is 2. The molecular weight excluding hydrogens is 260 g/mol. The van der Waals surface area contributed by atoms with Crippen molar-refractivity contribution < 1.29 is 9.21 Å². The van der Waals surface area contributed by atoms with Gasteiger partial charge in [-0.25, -0.2) is 15.6 Å². The van der Waals surface area contributed by atoms with E-state index in [0.29, 0.717) is 10.8 Å². The maximum Gasteiger partial charge on any atom is 0.348 e. The molecule has 3 N–H and O–H groups in total. The standard InChI is InChI=1S/C10H9ClN4O3/c11-7-2-13-10(17)15(3-7)4-8-1-6(5-18-8)9(16)14-12/h1-3,5H,4,12H2,(H,14,16). The van der Waals surface area contributed by atoms with Gasteiger partial charge in [0, 0.05) is 6.20 Å². The summed E-state index contributed by atoms with van der Waals surface area (Å²) in [7, 11) is 0. The zero-order valence-electron chi connectivity index (χ0n) is 9.09. The predicted octanol–water partition coefficient (Wildman–Crippen LogP) is 0.141. The monoisotopic (exact) mass is 268 g/mol. The fourth-order valence-corrected chi connectivity index (χ4v) is 1.54. The van der Waals surface area contributed by atoms with E-state index in [0.717, 1.165) is 0 Å². The van der Waals surface area contributed by atoms with E-state index in [4.69, 9.17) is 21.9 Å². The SMILES string of the molecule is NNC(=O)c1coc(Cn2cc(Cl)cnc2=O)c1. The summed E-state index contributed by atoms with van der Waals surface area (Å²) in [6.45, 7) is 0.129. The van der Waals surface area contributed by atoms with Crippen LogP contribution in [0.4, 0.5) is 0 Å². The number of amides is 1. The molecule has 0 spiro atoms. The Bertz CT molecular complexity index is 634. The first-order chi connectivity index (χ1) is 8.60. The van der Waals surface area contributed by atoms with Crippen LogP contribution in [0.15, 0.2) is 33.9 Å². The number of nitrogens with two attached hydrogens (primary N) is 1. The van der Waals surface area contributed by atoms with E-state index < -0.39 is 11.6 Å². The molecule has 8 heteroatoms. The number of furan rings is 1. The lowest BCUT2D eigenvalue weighted by Gasteiger charge is -2.01. The van der Waals surface area contributed by atoms with Crippen molar-refractivity contribution in [3.8, 4) is 0 Å². The highest BCUT2D eigenvalue weighted by atomic mass is 35.5. The van der Waals surface area contributed by atoms with Gasteiger partial charge in [-0.3, -0.25) is 14.8 Å². The third kappa shape index (κ3) is 2.58. The van der Waals surface area contributed by atoms with Crippen LogP contribution >= 0.6 is 11.6 Å². The highest BCUT2D eigenvalue weighted by Crippen LogP contribution is 2.09. The Labute approximate surface area is 106 Å². The molecule has 0 aliphatic heterocycles. The van der Waals surface area contributed by atoms with Gasteiger partial charge in [-0.2, -0.15) is 0 Å². The van der Waals surface area contributed by atoms with Crippen LogP contribution in [0.1, 0.15) is 16.1 Å². The molecule has 2 aromatic rings. The zero-order valence-corrected chi connectivity index (χ0v) is 9.85. The van der Waals surface area contributed by atoms with E-state index in [-0.39, 0.29) is 12.1 Å². The summed E-state index contributed by atoms with van der Waals surface area (Å²) < 4.78 is 6.41. The Morgan fingerprint density at radius 3 is 3.11 bits per heavy atom. The van der Waals surface area contributed by atoms with Crippen LogP contribution in [0.2, 0.25) is 5.02 Å². The van der Waals surface area contributed by atoms with Crippen LogP contribution in [-0.4, -0.2) is 15.5 Å². The molecule has 2 aromatic heterocycles. The van der Waals surface area contributed by atoms with Crippen molar-refractivity contribution in [3.63, 3.8) is 0 Å². The second-order valence-electron chi connectivity index (χ2n) is 3.46. The van der Waals surface area contributed by atoms with Gasteiger partial charge in [-0.05, 0) is 6.07 Å². The molecular formula is C10H9ClN4O3. The van der Waals surface area contributed by atoms with E-state index in [2.05, 4.69) is 4.98 Å². The molecule has 94 valence electrons. The highest BCUT2D eigenvalue weighted by Gasteiger charge is 2.09. The normalized spacial score (nSPS) is 10.3. The Morgan fingerprint density at radius 2 is 2.39 bits per heavy atom. The molecule has 18 heavy (non-hydrogen) atoms. The number of hydrazine groups is 1. The lowest BCUT2D eigenvalue weighted by atomic mass is 10.3. The Hall–Kier alpha value is -2.12. The molecule has 0 bridgehead atoms. The van der Waals surface area contributed by atoms with Gasteiger partial charge in [0.15, 0.2) is 0 Å². The molecule has 2 rings (SSSR count). The molecule has 0 unspecified atom stereocenters. The molecule has 2 heterocycles. The van der Waals surface area contributed by atoms with Gasteiger partial charge in [0.25, 0.3) is 5.91 Å². The van der Waals surface area contributed by atoms with E-state index in [1.165, 1.54) is 29.3 Å². The fourth-order valence-electron chi connectivity index (χ4n) is 1.38. The number of carbonyl (C=O) groups is 1. The highest BCUT2D eigenvalue weighted by molar-refractivity contribution is 6.30.